The predicted octanol–water partition coefficient (Wildman–Crippen LogP) is 3.91. The highest BCUT2D eigenvalue weighted by Crippen LogP contribution is 2.50. The summed E-state index contributed by atoms with van der Waals surface area (Å²) in [5.41, 5.74) is -1.84. The van der Waals surface area contributed by atoms with Crippen molar-refractivity contribution in [2.24, 2.45) is 11.8 Å². The number of ether oxygens (including phenoxy) is 1. The van der Waals surface area contributed by atoms with E-state index in [9.17, 15) is 26.3 Å². The van der Waals surface area contributed by atoms with Gasteiger partial charge in [0, 0.05) is 12.0 Å². The molecule has 0 saturated carbocycles. The molecular weight excluding hydrogens is 300 g/mol. The van der Waals surface area contributed by atoms with E-state index in [1.54, 1.807) is 13.8 Å². The zero-order valence-corrected chi connectivity index (χ0v) is 12.6. The number of nitrogens with one attached hydrogen (secondary N) is 1. The molecule has 2 nitrogen and oxygen atoms in total. The second kappa shape index (κ2) is 5.30. The van der Waals surface area contributed by atoms with Crippen molar-refractivity contribution >= 4 is 0 Å². The van der Waals surface area contributed by atoms with E-state index in [4.69, 9.17) is 4.74 Å². The van der Waals surface area contributed by atoms with Crippen LogP contribution in [0.25, 0.3) is 0 Å². The fourth-order valence-corrected chi connectivity index (χ4v) is 3.36. The minimum absolute atomic E-state index is 0.119. The van der Waals surface area contributed by atoms with Crippen molar-refractivity contribution in [1.29, 1.82) is 0 Å². The third kappa shape index (κ3) is 4.03. The summed E-state index contributed by atoms with van der Waals surface area (Å²) in [5.74, 6) is -4.33. The summed E-state index contributed by atoms with van der Waals surface area (Å²) in [6.45, 7) is 6.39. The van der Waals surface area contributed by atoms with Crippen molar-refractivity contribution in [2.75, 3.05) is 7.05 Å². The van der Waals surface area contributed by atoms with Crippen molar-refractivity contribution in [2.45, 2.75) is 63.7 Å². The van der Waals surface area contributed by atoms with E-state index in [1.165, 1.54) is 13.8 Å². The lowest BCUT2D eigenvalue weighted by atomic mass is 9.76. The fraction of sp³-hybridized carbons (Fsp3) is 1.00. The van der Waals surface area contributed by atoms with E-state index in [2.05, 4.69) is 5.32 Å². The first-order valence-corrected chi connectivity index (χ1v) is 6.63. The van der Waals surface area contributed by atoms with E-state index in [0.29, 0.717) is 0 Å². The molecule has 21 heavy (non-hydrogen) atoms. The van der Waals surface area contributed by atoms with Crippen LogP contribution in [-0.2, 0) is 4.74 Å². The van der Waals surface area contributed by atoms with E-state index >= 15 is 0 Å². The average Bonchev–Trinajstić information content (AvgIpc) is 2.38. The molecule has 1 aliphatic rings. The third-order valence-electron chi connectivity index (χ3n) is 3.98. The lowest BCUT2D eigenvalue weighted by molar-refractivity contribution is -0.296. The first kappa shape index (κ1) is 18.5. The Morgan fingerprint density at radius 3 is 1.67 bits per heavy atom. The summed E-state index contributed by atoms with van der Waals surface area (Å²) >= 11 is 0. The Morgan fingerprint density at radius 2 is 1.43 bits per heavy atom. The second-order valence-corrected chi connectivity index (χ2v) is 6.65. The lowest BCUT2D eigenvalue weighted by Crippen LogP contribution is -2.56. The van der Waals surface area contributed by atoms with Gasteiger partial charge in [-0.15, -0.1) is 0 Å². The normalized spacial score (nSPS) is 27.1. The number of halogens is 6. The van der Waals surface area contributed by atoms with Crippen LogP contribution in [0.2, 0.25) is 0 Å². The van der Waals surface area contributed by atoms with Crippen LogP contribution in [0.5, 0.6) is 0 Å². The van der Waals surface area contributed by atoms with Crippen LogP contribution in [-0.4, -0.2) is 36.6 Å². The maximum absolute atomic E-state index is 13.0. The van der Waals surface area contributed by atoms with E-state index in [0.717, 1.165) is 7.05 Å². The van der Waals surface area contributed by atoms with Crippen molar-refractivity contribution in [3.05, 3.63) is 0 Å². The molecule has 1 saturated heterocycles. The molecule has 0 amide bonds. The molecule has 8 heteroatoms. The van der Waals surface area contributed by atoms with Gasteiger partial charge in [-0.1, -0.05) is 0 Å². The predicted molar refractivity (Wildman–Crippen MR) is 65.8 cm³/mol. The molecule has 1 heterocycles. The molecule has 0 spiro atoms. The summed E-state index contributed by atoms with van der Waals surface area (Å²) in [5, 5.41) is 2.23. The number of hydrogen-bond acceptors (Lipinski definition) is 2. The molecule has 1 aliphatic heterocycles. The summed E-state index contributed by atoms with van der Waals surface area (Å²) in [7, 11) is 1.12. The third-order valence-corrected chi connectivity index (χ3v) is 3.98. The van der Waals surface area contributed by atoms with Crippen molar-refractivity contribution in [1.82, 2.24) is 5.32 Å². The molecule has 0 aromatic heterocycles. The molecule has 2 unspecified atom stereocenters. The van der Waals surface area contributed by atoms with Gasteiger partial charge < -0.3 is 10.1 Å². The molecule has 0 aromatic carbocycles. The average molecular weight is 321 g/mol. The van der Waals surface area contributed by atoms with Gasteiger partial charge in [-0.3, -0.25) is 0 Å². The molecular formula is C13H21F6NO. The molecule has 0 bridgehead atoms. The standard InChI is InChI=1S/C13H21F6NO/c1-10(2)6-7(11(3,4)21-10)8(20-5)9(12(14,15)16)13(17,18)19/h7-9,20H,6H2,1-5H3. The smallest absolute Gasteiger partial charge is 0.369 e. The highest BCUT2D eigenvalue weighted by atomic mass is 19.4. The molecule has 0 radical (unpaired) electrons. The number of rotatable bonds is 3. The first-order chi connectivity index (χ1) is 9.12. The van der Waals surface area contributed by atoms with Crippen LogP contribution in [0.3, 0.4) is 0 Å². The van der Waals surface area contributed by atoms with Gasteiger partial charge >= 0.3 is 12.4 Å². The summed E-state index contributed by atoms with van der Waals surface area (Å²) in [6, 6.07) is -1.79. The molecule has 1 N–H and O–H groups in total. The Kier molecular flexibility index (Phi) is 4.68. The summed E-state index contributed by atoms with van der Waals surface area (Å²) in [4.78, 5) is 0. The van der Waals surface area contributed by atoms with Crippen molar-refractivity contribution in [3.8, 4) is 0 Å². The second-order valence-electron chi connectivity index (χ2n) is 6.65. The molecule has 126 valence electrons. The topological polar surface area (TPSA) is 21.3 Å². The molecule has 1 rings (SSSR count). The van der Waals surface area contributed by atoms with Crippen molar-refractivity contribution < 1.29 is 31.1 Å². The van der Waals surface area contributed by atoms with Gasteiger partial charge in [0.1, 0.15) is 0 Å². The van der Waals surface area contributed by atoms with Crippen LogP contribution < -0.4 is 5.32 Å². The Labute approximate surface area is 120 Å². The summed E-state index contributed by atoms with van der Waals surface area (Å²) < 4.78 is 83.3. The highest BCUT2D eigenvalue weighted by Gasteiger charge is 2.64. The van der Waals surface area contributed by atoms with Crippen LogP contribution in [0.1, 0.15) is 34.1 Å². The maximum Gasteiger partial charge on any atom is 0.402 e. The van der Waals surface area contributed by atoms with Crippen LogP contribution >= 0.6 is 0 Å². The largest absolute Gasteiger partial charge is 0.402 e. The van der Waals surface area contributed by atoms with Crippen LogP contribution in [0.4, 0.5) is 26.3 Å². The Hall–Kier alpha value is -0.500. The van der Waals surface area contributed by atoms with Gasteiger partial charge in [0.05, 0.1) is 11.2 Å². The molecule has 1 fully saturated rings. The number of hydrogen-bond donors (Lipinski definition) is 1. The Balaban J connectivity index is 3.22. The maximum atomic E-state index is 13.0. The van der Waals surface area contributed by atoms with Crippen LogP contribution in [0.15, 0.2) is 0 Å². The quantitative estimate of drug-likeness (QED) is 0.796. The summed E-state index contributed by atoms with van der Waals surface area (Å²) in [6.07, 6.45) is -10.6. The first-order valence-electron chi connectivity index (χ1n) is 6.63. The molecule has 0 aliphatic carbocycles. The minimum Gasteiger partial charge on any atom is -0.369 e. The monoisotopic (exact) mass is 321 g/mol. The molecule has 2 atom stereocenters. The Morgan fingerprint density at radius 1 is 1.00 bits per heavy atom. The van der Waals surface area contributed by atoms with E-state index < -0.39 is 41.4 Å². The zero-order chi connectivity index (χ0) is 16.9. The van der Waals surface area contributed by atoms with Gasteiger partial charge in [-0.05, 0) is 41.2 Å². The van der Waals surface area contributed by atoms with Gasteiger partial charge in [0.15, 0.2) is 5.92 Å². The van der Waals surface area contributed by atoms with Gasteiger partial charge in [-0.25, -0.2) is 0 Å². The van der Waals surface area contributed by atoms with Gasteiger partial charge in [0.25, 0.3) is 0 Å². The minimum atomic E-state index is -5.37. The van der Waals surface area contributed by atoms with Crippen molar-refractivity contribution in [3.63, 3.8) is 0 Å². The Bertz CT molecular complexity index is 360. The lowest BCUT2D eigenvalue weighted by Gasteiger charge is -2.38. The zero-order valence-electron chi connectivity index (χ0n) is 12.6. The van der Waals surface area contributed by atoms with Crippen LogP contribution in [0, 0.1) is 11.8 Å². The van der Waals surface area contributed by atoms with Gasteiger partial charge in [0.2, 0.25) is 0 Å². The fourth-order valence-electron chi connectivity index (χ4n) is 3.36. The van der Waals surface area contributed by atoms with E-state index in [1.807, 2.05) is 0 Å². The SMILES string of the molecule is CNC(C(C(F)(F)F)C(F)(F)F)C1CC(C)(C)OC1(C)C. The highest BCUT2D eigenvalue weighted by molar-refractivity contribution is 5.03. The number of alkyl halides is 6. The van der Waals surface area contributed by atoms with Gasteiger partial charge in [-0.2, -0.15) is 26.3 Å². The van der Waals surface area contributed by atoms with E-state index in [-0.39, 0.29) is 6.42 Å². The molecule has 0 aromatic rings.